The molecule has 0 amide bonds. The quantitative estimate of drug-likeness (QED) is 0.731. The van der Waals surface area contributed by atoms with Crippen molar-refractivity contribution >= 4 is 39.7 Å². The molecule has 0 aliphatic heterocycles. The van der Waals surface area contributed by atoms with Gasteiger partial charge in [-0.2, -0.15) is 0 Å². The van der Waals surface area contributed by atoms with Crippen molar-refractivity contribution in [2.45, 2.75) is 0 Å². The first-order valence-electron chi connectivity index (χ1n) is 5.09. The molecule has 1 rings (SSSR count). The summed E-state index contributed by atoms with van der Waals surface area (Å²) in [6.07, 6.45) is 0. The maximum atomic E-state index is 2.43. The number of hydrogen-bond acceptors (Lipinski definition) is 0. The summed E-state index contributed by atoms with van der Waals surface area (Å²) in [5, 5.41) is 4.72. The smallest absolute Gasteiger partial charge is 0.0233 e. The molecule has 0 saturated heterocycles. The van der Waals surface area contributed by atoms with Crippen LogP contribution in [0.25, 0.3) is 0 Å². The molecule has 1 aromatic rings. The average Bonchev–Trinajstić information content (AvgIpc) is 2.16. The van der Waals surface area contributed by atoms with E-state index >= 15 is 0 Å². The minimum absolute atomic E-state index is 0.0432. The highest BCUT2D eigenvalue weighted by atomic mass is 31.1. The topological polar surface area (TPSA) is 0 Å². The Bertz CT molecular complexity index is 265. The van der Waals surface area contributed by atoms with Crippen molar-refractivity contribution < 1.29 is 0 Å². The standard InChI is InChI=1S/C12H21P3/c1-13(2)10-7-11(14(3)4)9-12(8-10)15(5)6/h7-9H,1-6H3. The summed E-state index contributed by atoms with van der Waals surface area (Å²) in [4.78, 5) is 0. The molecular formula is C12H21P3. The van der Waals surface area contributed by atoms with Crippen molar-refractivity contribution in [1.82, 2.24) is 0 Å². The van der Waals surface area contributed by atoms with Crippen LogP contribution in [-0.4, -0.2) is 40.0 Å². The van der Waals surface area contributed by atoms with Crippen LogP contribution in [0.1, 0.15) is 0 Å². The zero-order valence-corrected chi connectivity index (χ0v) is 13.3. The van der Waals surface area contributed by atoms with Crippen molar-refractivity contribution in [3.8, 4) is 0 Å². The third kappa shape index (κ3) is 3.78. The van der Waals surface area contributed by atoms with Gasteiger partial charge in [-0.1, -0.05) is 23.8 Å². The monoisotopic (exact) mass is 258 g/mol. The fourth-order valence-electron chi connectivity index (χ4n) is 1.35. The molecule has 0 heterocycles. The minimum atomic E-state index is 0.0432. The molecule has 0 radical (unpaired) electrons. The molecule has 0 atom stereocenters. The Kier molecular flexibility index (Phi) is 5.18. The van der Waals surface area contributed by atoms with E-state index in [1.54, 1.807) is 15.9 Å². The maximum Gasteiger partial charge on any atom is -0.0233 e. The normalized spacial score (nSPS) is 11.8. The molecule has 0 N–H and O–H groups in total. The first-order chi connectivity index (χ1) is 6.91. The van der Waals surface area contributed by atoms with Crippen molar-refractivity contribution in [3.05, 3.63) is 18.2 Å². The Morgan fingerprint density at radius 1 is 0.533 bits per heavy atom. The van der Waals surface area contributed by atoms with Crippen LogP contribution in [0.2, 0.25) is 0 Å². The van der Waals surface area contributed by atoms with Crippen LogP contribution in [0.3, 0.4) is 0 Å². The minimum Gasteiger partial charge on any atom is -0.0816 e. The summed E-state index contributed by atoms with van der Waals surface area (Å²) in [7, 11) is 0.130. The van der Waals surface area contributed by atoms with E-state index in [0.29, 0.717) is 0 Å². The van der Waals surface area contributed by atoms with E-state index < -0.39 is 0 Å². The van der Waals surface area contributed by atoms with Crippen LogP contribution in [0, 0.1) is 0 Å². The van der Waals surface area contributed by atoms with Crippen molar-refractivity contribution in [2.24, 2.45) is 0 Å². The average molecular weight is 258 g/mol. The van der Waals surface area contributed by atoms with Gasteiger partial charge in [-0.3, -0.25) is 0 Å². The van der Waals surface area contributed by atoms with Gasteiger partial charge in [0.1, 0.15) is 0 Å². The SMILES string of the molecule is CP(C)c1cc(P(C)C)cc(P(C)C)c1. The number of benzene rings is 1. The van der Waals surface area contributed by atoms with E-state index in [-0.39, 0.29) is 23.8 Å². The number of hydrogen-bond donors (Lipinski definition) is 0. The molecule has 3 heteroatoms. The lowest BCUT2D eigenvalue weighted by Gasteiger charge is -2.16. The predicted octanol–water partition coefficient (Wildman–Crippen LogP) is 2.79. The Balaban J connectivity index is 3.20. The molecule has 0 aliphatic rings. The Morgan fingerprint density at radius 2 is 0.733 bits per heavy atom. The molecule has 0 nitrogen and oxygen atoms in total. The van der Waals surface area contributed by atoms with Gasteiger partial charge in [0.25, 0.3) is 0 Å². The van der Waals surface area contributed by atoms with E-state index in [4.69, 9.17) is 0 Å². The van der Waals surface area contributed by atoms with Gasteiger partial charge in [-0.05, 0) is 74.1 Å². The van der Waals surface area contributed by atoms with E-state index in [2.05, 4.69) is 58.2 Å². The van der Waals surface area contributed by atoms with E-state index in [1.807, 2.05) is 0 Å². The molecule has 1 aromatic carbocycles. The Hall–Kier alpha value is 0.510. The first kappa shape index (κ1) is 13.6. The molecule has 0 saturated carbocycles. The third-order valence-electron chi connectivity index (χ3n) is 2.44. The largest absolute Gasteiger partial charge is 0.0816 e. The maximum absolute atomic E-state index is 2.43. The molecule has 0 aromatic heterocycles. The van der Waals surface area contributed by atoms with Crippen LogP contribution in [-0.2, 0) is 0 Å². The molecular weight excluding hydrogens is 237 g/mol. The van der Waals surface area contributed by atoms with Gasteiger partial charge in [0.05, 0.1) is 0 Å². The van der Waals surface area contributed by atoms with Gasteiger partial charge in [0, 0.05) is 0 Å². The Labute approximate surface area is 98.1 Å². The molecule has 0 fully saturated rings. The summed E-state index contributed by atoms with van der Waals surface area (Å²) in [5.41, 5.74) is 0. The fraction of sp³-hybridized carbons (Fsp3) is 0.500. The summed E-state index contributed by atoms with van der Waals surface area (Å²) >= 11 is 0. The van der Waals surface area contributed by atoms with Gasteiger partial charge < -0.3 is 0 Å². The fourth-order valence-corrected chi connectivity index (χ4v) is 4.04. The molecule has 84 valence electrons. The lowest BCUT2D eigenvalue weighted by molar-refractivity contribution is 1.88. The zero-order valence-electron chi connectivity index (χ0n) is 10.6. The van der Waals surface area contributed by atoms with E-state index in [0.717, 1.165) is 0 Å². The highest BCUT2D eigenvalue weighted by Gasteiger charge is 2.08. The van der Waals surface area contributed by atoms with Gasteiger partial charge in [0.2, 0.25) is 0 Å². The highest BCUT2D eigenvalue weighted by molar-refractivity contribution is 7.67. The lowest BCUT2D eigenvalue weighted by atomic mass is 10.4. The Morgan fingerprint density at radius 3 is 0.867 bits per heavy atom. The van der Waals surface area contributed by atoms with Crippen LogP contribution in [0.4, 0.5) is 0 Å². The summed E-state index contributed by atoms with van der Waals surface area (Å²) in [6.45, 7) is 14.1. The second-order valence-corrected chi connectivity index (χ2v) is 11.3. The summed E-state index contributed by atoms with van der Waals surface area (Å²) in [5.74, 6) is 0. The molecule has 0 aliphatic carbocycles. The second kappa shape index (κ2) is 5.72. The van der Waals surface area contributed by atoms with Gasteiger partial charge in [-0.25, -0.2) is 0 Å². The first-order valence-corrected chi connectivity index (χ1v) is 11.8. The highest BCUT2D eigenvalue weighted by Crippen LogP contribution is 2.30. The summed E-state index contributed by atoms with van der Waals surface area (Å²) < 4.78 is 0. The second-order valence-electron chi connectivity index (χ2n) is 4.39. The lowest BCUT2D eigenvalue weighted by Crippen LogP contribution is -2.18. The van der Waals surface area contributed by atoms with Crippen LogP contribution >= 0.6 is 23.8 Å². The number of rotatable bonds is 3. The van der Waals surface area contributed by atoms with Crippen molar-refractivity contribution in [2.75, 3.05) is 40.0 Å². The van der Waals surface area contributed by atoms with Crippen LogP contribution in [0.5, 0.6) is 0 Å². The summed E-state index contributed by atoms with van der Waals surface area (Å²) in [6, 6.07) is 7.29. The van der Waals surface area contributed by atoms with Gasteiger partial charge in [-0.15, -0.1) is 0 Å². The van der Waals surface area contributed by atoms with E-state index in [1.165, 1.54) is 0 Å². The molecule has 0 spiro atoms. The van der Waals surface area contributed by atoms with Gasteiger partial charge in [0.15, 0.2) is 0 Å². The van der Waals surface area contributed by atoms with Crippen molar-refractivity contribution in [1.29, 1.82) is 0 Å². The van der Waals surface area contributed by atoms with E-state index in [9.17, 15) is 0 Å². The van der Waals surface area contributed by atoms with Crippen LogP contribution in [0.15, 0.2) is 18.2 Å². The van der Waals surface area contributed by atoms with Crippen molar-refractivity contribution in [3.63, 3.8) is 0 Å². The molecule has 0 unspecified atom stereocenters. The van der Waals surface area contributed by atoms with Crippen LogP contribution < -0.4 is 15.9 Å². The predicted molar refractivity (Wildman–Crippen MR) is 81.6 cm³/mol. The zero-order chi connectivity index (χ0) is 11.6. The molecule has 0 bridgehead atoms. The van der Waals surface area contributed by atoms with Gasteiger partial charge >= 0.3 is 0 Å². The molecule has 15 heavy (non-hydrogen) atoms. The third-order valence-corrected chi connectivity index (χ3v) is 6.31.